The van der Waals surface area contributed by atoms with Crippen LogP contribution >= 0.6 is 11.8 Å². The Kier molecular flexibility index (Phi) is 5.56. The molecule has 7 heteroatoms. The molecule has 0 unspecified atom stereocenters. The molecule has 1 aliphatic carbocycles. The summed E-state index contributed by atoms with van der Waals surface area (Å²) in [5.74, 6) is 6.89. The van der Waals surface area contributed by atoms with Crippen LogP contribution in [0.3, 0.4) is 0 Å². The Morgan fingerprint density at radius 1 is 1.10 bits per heavy atom. The van der Waals surface area contributed by atoms with Crippen LogP contribution in [0.4, 0.5) is 0 Å². The number of hydrogen-bond donors (Lipinski definition) is 2. The monoisotopic (exact) mass is 421 g/mol. The molecule has 1 aliphatic rings. The molecule has 156 valence electrons. The minimum Gasteiger partial charge on any atom is -0.352 e. The lowest BCUT2D eigenvalue weighted by Crippen LogP contribution is -2.30. The van der Waals surface area contributed by atoms with Gasteiger partial charge in [0.05, 0.1) is 0 Å². The van der Waals surface area contributed by atoms with Crippen molar-refractivity contribution in [1.29, 1.82) is 0 Å². The Hall–Kier alpha value is -2.80. The molecule has 0 aliphatic heterocycles. The molecule has 1 aromatic heterocycles. The molecule has 2 aromatic carbocycles. The van der Waals surface area contributed by atoms with Crippen LogP contribution in [0.1, 0.15) is 50.0 Å². The highest BCUT2D eigenvalue weighted by Gasteiger charge is 2.30. The second-order valence-corrected chi connectivity index (χ2v) is 9.77. The standard InChI is InChI=1S/C23H27N5OS/c1-23(2,3)17-11-9-16(10-12-17)20-26-27-22(28(20)24)30-19(15-7-5-4-6-8-15)21(29)25-18-13-14-18/h4-12,18-19H,13-14,24H2,1-3H3,(H,25,29)/t19-/m0/s1. The average Bonchev–Trinajstić information content (AvgIpc) is 3.47. The van der Waals surface area contributed by atoms with Crippen LogP contribution in [0.5, 0.6) is 0 Å². The molecule has 3 aromatic rings. The minimum absolute atomic E-state index is 0.0206. The fourth-order valence-electron chi connectivity index (χ4n) is 3.18. The molecule has 1 atom stereocenters. The summed E-state index contributed by atoms with van der Waals surface area (Å²) >= 11 is 1.32. The zero-order valence-electron chi connectivity index (χ0n) is 17.5. The van der Waals surface area contributed by atoms with E-state index in [1.54, 1.807) is 0 Å². The molecule has 1 saturated carbocycles. The molecule has 3 N–H and O–H groups in total. The molecular formula is C23H27N5OS. The number of thioether (sulfide) groups is 1. The first-order chi connectivity index (χ1) is 14.3. The maximum absolute atomic E-state index is 12.9. The van der Waals surface area contributed by atoms with Crippen molar-refractivity contribution in [3.8, 4) is 11.4 Å². The van der Waals surface area contributed by atoms with Crippen LogP contribution in [0.25, 0.3) is 11.4 Å². The molecule has 0 saturated heterocycles. The molecule has 6 nitrogen and oxygen atoms in total. The van der Waals surface area contributed by atoms with Gasteiger partial charge in [-0.3, -0.25) is 4.79 Å². The lowest BCUT2D eigenvalue weighted by molar-refractivity contribution is -0.120. The third-order valence-corrected chi connectivity index (χ3v) is 6.37. The Morgan fingerprint density at radius 3 is 2.37 bits per heavy atom. The van der Waals surface area contributed by atoms with E-state index in [1.165, 1.54) is 22.0 Å². The molecular weight excluding hydrogens is 394 g/mol. The van der Waals surface area contributed by atoms with E-state index in [0.717, 1.165) is 24.0 Å². The van der Waals surface area contributed by atoms with Crippen molar-refractivity contribution in [2.75, 3.05) is 5.84 Å². The van der Waals surface area contributed by atoms with Gasteiger partial charge >= 0.3 is 0 Å². The Balaban J connectivity index is 1.59. The number of nitrogens with one attached hydrogen (secondary N) is 1. The normalized spacial score (nSPS) is 15.0. The zero-order valence-corrected chi connectivity index (χ0v) is 18.3. The van der Waals surface area contributed by atoms with Crippen molar-refractivity contribution in [1.82, 2.24) is 20.2 Å². The quantitative estimate of drug-likeness (QED) is 0.463. The Bertz CT molecular complexity index is 1020. The number of nitrogens with two attached hydrogens (primary N) is 1. The van der Waals surface area contributed by atoms with Crippen molar-refractivity contribution in [3.63, 3.8) is 0 Å². The maximum Gasteiger partial charge on any atom is 0.238 e. The summed E-state index contributed by atoms with van der Waals surface area (Å²) in [6.45, 7) is 6.54. The molecule has 1 amide bonds. The van der Waals surface area contributed by atoms with Gasteiger partial charge in [0.2, 0.25) is 11.1 Å². The van der Waals surface area contributed by atoms with E-state index < -0.39 is 5.25 Å². The summed E-state index contributed by atoms with van der Waals surface area (Å²) in [7, 11) is 0. The van der Waals surface area contributed by atoms with Crippen molar-refractivity contribution in [2.45, 2.75) is 55.5 Å². The van der Waals surface area contributed by atoms with Crippen molar-refractivity contribution >= 4 is 17.7 Å². The minimum atomic E-state index is -0.436. The molecule has 1 heterocycles. The number of carbonyl (C=O) groups is 1. The number of nitrogen functional groups attached to an aromatic ring is 1. The van der Waals surface area contributed by atoms with Crippen LogP contribution in [0.15, 0.2) is 59.8 Å². The Labute approximate surface area is 181 Å². The van der Waals surface area contributed by atoms with Gasteiger partial charge in [-0.2, -0.15) is 0 Å². The van der Waals surface area contributed by atoms with Gasteiger partial charge in [0.1, 0.15) is 5.25 Å². The van der Waals surface area contributed by atoms with Gasteiger partial charge in [-0.1, -0.05) is 87.1 Å². The molecule has 1 fully saturated rings. The van der Waals surface area contributed by atoms with Crippen LogP contribution in [-0.2, 0) is 10.2 Å². The third-order valence-electron chi connectivity index (χ3n) is 5.16. The van der Waals surface area contributed by atoms with Gasteiger partial charge in [-0.05, 0) is 29.4 Å². The van der Waals surface area contributed by atoms with E-state index in [1.807, 2.05) is 42.5 Å². The second kappa shape index (κ2) is 8.14. The smallest absolute Gasteiger partial charge is 0.238 e. The van der Waals surface area contributed by atoms with Crippen molar-refractivity contribution in [2.24, 2.45) is 0 Å². The average molecular weight is 422 g/mol. The molecule has 0 spiro atoms. The predicted molar refractivity (Wildman–Crippen MR) is 121 cm³/mol. The number of hydrogen-bond acceptors (Lipinski definition) is 5. The highest BCUT2D eigenvalue weighted by Crippen LogP contribution is 2.36. The summed E-state index contributed by atoms with van der Waals surface area (Å²) in [6, 6.07) is 18.2. The van der Waals surface area contributed by atoms with Gasteiger partial charge in [-0.15, -0.1) is 10.2 Å². The highest BCUT2D eigenvalue weighted by molar-refractivity contribution is 8.00. The third kappa shape index (κ3) is 4.51. The van der Waals surface area contributed by atoms with Crippen LogP contribution in [0, 0.1) is 0 Å². The number of amides is 1. The number of rotatable bonds is 6. The summed E-state index contributed by atoms with van der Waals surface area (Å²) < 4.78 is 1.47. The van der Waals surface area contributed by atoms with Gasteiger partial charge in [0, 0.05) is 11.6 Å². The topological polar surface area (TPSA) is 85.8 Å². The first-order valence-electron chi connectivity index (χ1n) is 10.2. The van der Waals surface area contributed by atoms with Crippen molar-refractivity contribution in [3.05, 3.63) is 65.7 Å². The van der Waals surface area contributed by atoms with E-state index in [4.69, 9.17) is 5.84 Å². The number of nitrogens with zero attached hydrogens (tertiary/aromatic N) is 3. The lowest BCUT2D eigenvalue weighted by Gasteiger charge is -2.19. The van der Waals surface area contributed by atoms with Crippen molar-refractivity contribution < 1.29 is 4.79 Å². The second-order valence-electron chi connectivity index (χ2n) is 8.69. The first-order valence-corrected chi connectivity index (χ1v) is 11.0. The van der Waals surface area contributed by atoms with Crippen LogP contribution in [-0.4, -0.2) is 26.8 Å². The van der Waals surface area contributed by atoms with E-state index >= 15 is 0 Å². The Morgan fingerprint density at radius 2 is 1.77 bits per heavy atom. The first kappa shape index (κ1) is 20.5. The summed E-state index contributed by atoms with van der Waals surface area (Å²) in [5, 5.41) is 11.7. The molecule has 4 rings (SSSR count). The fraction of sp³-hybridized carbons (Fsp3) is 0.348. The molecule has 30 heavy (non-hydrogen) atoms. The SMILES string of the molecule is CC(C)(C)c1ccc(-c2nnc(S[C@H](C(=O)NC3CC3)c3ccccc3)n2N)cc1. The van der Waals surface area contributed by atoms with Gasteiger partial charge in [0.15, 0.2) is 5.82 Å². The van der Waals surface area contributed by atoms with Crippen LogP contribution < -0.4 is 11.2 Å². The van der Waals surface area contributed by atoms with Gasteiger partial charge in [0.25, 0.3) is 0 Å². The van der Waals surface area contributed by atoms with E-state index in [-0.39, 0.29) is 17.4 Å². The maximum atomic E-state index is 12.9. The van der Waals surface area contributed by atoms with E-state index in [0.29, 0.717) is 11.0 Å². The predicted octanol–water partition coefficient (Wildman–Crippen LogP) is 4.07. The van der Waals surface area contributed by atoms with Gasteiger partial charge < -0.3 is 11.2 Å². The van der Waals surface area contributed by atoms with E-state index in [2.05, 4.69) is 48.4 Å². The summed E-state index contributed by atoms with van der Waals surface area (Å²) in [6.07, 6.45) is 2.08. The van der Waals surface area contributed by atoms with E-state index in [9.17, 15) is 4.79 Å². The number of aromatic nitrogens is 3. The molecule has 0 bridgehead atoms. The lowest BCUT2D eigenvalue weighted by atomic mass is 9.87. The highest BCUT2D eigenvalue weighted by atomic mass is 32.2. The van der Waals surface area contributed by atoms with Gasteiger partial charge in [-0.25, -0.2) is 4.68 Å². The zero-order chi connectivity index (χ0) is 21.3. The number of carbonyl (C=O) groups excluding carboxylic acids is 1. The summed E-state index contributed by atoms with van der Waals surface area (Å²) in [5.41, 5.74) is 3.13. The van der Waals surface area contributed by atoms with Crippen LogP contribution in [0.2, 0.25) is 0 Å². The summed E-state index contributed by atoms with van der Waals surface area (Å²) in [4.78, 5) is 12.9. The number of benzene rings is 2. The molecule has 0 radical (unpaired) electrons. The largest absolute Gasteiger partial charge is 0.352 e. The fourth-order valence-corrected chi connectivity index (χ4v) is 4.15.